The highest BCUT2D eigenvalue weighted by Gasteiger charge is 2.30. The zero-order valence-corrected chi connectivity index (χ0v) is 15.6. The molecule has 0 bridgehead atoms. The van der Waals surface area contributed by atoms with Crippen LogP contribution in [0.25, 0.3) is 10.8 Å². The Bertz CT molecular complexity index is 1030. The summed E-state index contributed by atoms with van der Waals surface area (Å²) in [5.41, 5.74) is 0.00938. The standard InChI is InChI=1S/C20H15F3N2O2S/c1-13-16(25-19(27-13)17-8-4-10-28-17)12-18(26)24-9-3-6-14-5-2-7-15(11-14)20(21,22)23/h2,4-5,7-8,10-11H,9,12H2,1H3,(H,24,26). The number of amides is 1. The zero-order valence-electron chi connectivity index (χ0n) is 14.8. The lowest BCUT2D eigenvalue weighted by molar-refractivity contribution is -0.137. The second kappa shape index (κ2) is 8.31. The van der Waals surface area contributed by atoms with Gasteiger partial charge in [-0.05, 0) is 36.6 Å². The number of benzene rings is 1. The van der Waals surface area contributed by atoms with E-state index >= 15 is 0 Å². The second-order valence-corrected chi connectivity index (χ2v) is 6.78. The molecule has 8 heteroatoms. The van der Waals surface area contributed by atoms with Gasteiger partial charge in [0.15, 0.2) is 0 Å². The quantitative estimate of drug-likeness (QED) is 0.654. The van der Waals surface area contributed by atoms with Crippen molar-refractivity contribution >= 4 is 17.2 Å². The first-order valence-corrected chi connectivity index (χ1v) is 9.14. The highest BCUT2D eigenvalue weighted by molar-refractivity contribution is 7.13. The van der Waals surface area contributed by atoms with Gasteiger partial charge in [0.05, 0.1) is 29.1 Å². The topological polar surface area (TPSA) is 55.1 Å². The SMILES string of the molecule is Cc1oc(-c2cccs2)nc1CC(=O)NCC#Cc1cccc(C(F)(F)F)c1. The van der Waals surface area contributed by atoms with Crippen LogP contribution < -0.4 is 5.32 Å². The lowest BCUT2D eigenvalue weighted by Gasteiger charge is -2.05. The van der Waals surface area contributed by atoms with E-state index in [4.69, 9.17) is 4.42 Å². The smallest absolute Gasteiger partial charge is 0.416 e. The fourth-order valence-corrected chi connectivity index (χ4v) is 3.02. The maximum atomic E-state index is 12.7. The van der Waals surface area contributed by atoms with Crippen LogP contribution >= 0.6 is 11.3 Å². The Balaban J connectivity index is 1.56. The molecule has 4 nitrogen and oxygen atoms in total. The minimum atomic E-state index is -4.41. The van der Waals surface area contributed by atoms with Crippen molar-refractivity contribution in [3.8, 4) is 22.6 Å². The number of halogens is 3. The molecule has 0 atom stereocenters. The molecule has 1 N–H and O–H groups in total. The molecule has 0 aliphatic heterocycles. The summed E-state index contributed by atoms with van der Waals surface area (Å²) in [6.07, 6.45) is -4.38. The number of hydrogen-bond acceptors (Lipinski definition) is 4. The monoisotopic (exact) mass is 404 g/mol. The van der Waals surface area contributed by atoms with Crippen LogP contribution in [0.5, 0.6) is 0 Å². The molecular formula is C20H15F3N2O2S. The molecule has 2 heterocycles. The van der Waals surface area contributed by atoms with Crippen molar-refractivity contribution in [1.82, 2.24) is 10.3 Å². The highest BCUT2D eigenvalue weighted by atomic mass is 32.1. The molecule has 0 fully saturated rings. The summed E-state index contributed by atoms with van der Waals surface area (Å²) in [6.45, 7) is 1.75. The fourth-order valence-electron chi connectivity index (χ4n) is 2.37. The van der Waals surface area contributed by atoms with Gasteiger partial charge < -0.3 is 9.73 Å². The number of nitrogens with zero attached hydrogens (tertiary/aromatic N) is 1. The summed E-state index contributed by atoms with van der Waals surface area (Å²) in [4.78, 5) is 17.3. The molecule has 0 radical (unpaired) electrons. The van der Waals surface area contributed by atoms with E-state index in [2.05, 4.69) is 22.1 Å². The van der Waals surface area contributed by atoms with Crippen LogP contribution in [0.1, 0.15) is 22.6 Å². The van der Waals surface area contributed by atoms with Crippen LogP contribution in [0.2, 0.25) is 0 Å². The van der Waals surface area contributed by atoms with E-state index < -0.39 is 11.7 Å². The Morgan fingerprint density at radius 2 is 2.11 bits per heavy atom. The number of alkyl halides is 3. The average molecular weight is 404 g/mol. The van der Waals surface area contributed by atoms with Crippen LogP contribution in [0.4, 0.5) is 13.2 Å². The third kappa shape index (κ3) is 5.02. The van der Waals surface area contributed by atoms with E-state index in [1.807, 2.05) is 17.5 Å². The molecule has 0 aliphatic carbocycles. The maximum absolute atomic E-state index is 12.7. The van der Waals surface area contributed by atoms with Gasteiger partial charge in [-0.15, -0.1) is 11.3 Å². The van der Waals surface area contributed by atoms with Gasteiger partial charge in [-0.3, -0.25) is 4.79 Å². The summed E-state index contributed by atoms with van der Waals surface area (Å²) in [5.74, 6) is 6.00. The van der Waals surface area contributed by atoms with Crippen LogP contribution in [0.3, 0.4) is 0 Å². The number of hydrogen-bond donors (Lipinski definition) is 1. The number of nitrogens with one attached hydrogen (secondary N) is 1. The Morgan fingerprint density at radius 3 is 2.82 bits per heavy atom. The molecular weight excluding hydrogens is 389 g/mol. The normalized spacial score (nSPS) is 11.0. The summed E-state index contributed by atoms with van der Waals surface area (Å²) < 4.78 is 43.6. The van der Waals surface area contributed by atoms with Crippen molar-refractivity contribution in [3.63, 3.8) is 0 Å². The van der Waals surface area contributed by atoms with Crippen molar-refractivity contribution in [2.45, 2.75) is 19.5 Å². The predicted molar refractivity (Wildman–Crippen MR) is 99.6 cm³/mol. The first-order valence-electron chi connectivity index (χ1n) is 8.26. The second-order valence-electron chi connectivity index (χ2n) is 5.83. The molecule has 0 unspecified atom stereocenters. The van der Waals surface area contributed by atoms with Gasteiger partial charge in [0.2, 0.25) is 11.8 Å². The Morgan fingerprint density at radius 1 is 1.29 bits per heavy atom. The van der Waals surface area contributed by atoms with Gasteiger partial charge in [0, 0.05) is 5.56 Å². The number of oxazole rings is 1. The summed E-state index contributed by atoms with van der Waals surface area (Å²) in [6, 6.07) is 8.49. The van der Waals surface area contributed by atoms with E-state index in [0.29, 0.717) is 17.3 Å². The van der Waals surface area contributed by atoms with Gasteiger partial charge in [-0.1, -0.05) is 24.0 Å². The van der Waals surface area contributed by atoms with E-state index in [9.17, 15) is 18.0 Å². The summed E-state index contributed by atoms with van der Waals surface area (Å²) in [7, 11) is 0. The van der Waals surface area contributed by atoms with Crippen molar-refractivity contribution in [1.29, 1.82) is 0 Å². The first-order chi connectivity index (χ1) is 13.3. The molecule has 0 saturated carbocycles. The van der Waals surface area contributed by atoms with Crippen molar-refractivity contribution in [3.05, 3.63) is 64.4 Å². The minimum absolute atomic E-state index is 0.0176. The van der Waals surface area contributed by atoms with Gasteiger partial charge >= 0.3 is 6.18 Å². The molecule has 144 valence electrons. The highest BCUT2D eigenvalue weighted by Crippen LogP contribution is 2.29. The molecule has 2 aromatic heterocycles. The average Bonchev–Trinajstić information content (AvgIpc) is 3.29. The number of rotatable bonds is 4. The van der Waals surface area contributed by atoms with Gasteiger partial charge in [0.1, 0.15) is 5.76 Å². The molecule has 3 rings (SSSR count). The third-order valence-corrected chi connectivity index (χ3v) is 4.61. The zero-order chi connectivity index (χ0) is 20.1. The van der Waals surface area contributed by atoms with E-state index in [1.165, 1.54) is 23.5 Å². The van der Waals surface area contributed by atoms with Crippen LogP contribution in [0, 0.1) is 18.8 Å². The maximum Gasteiger partial charge on any atom is 0.416 e. The number of carbonyl (C=O) groups excluding carboxylic acids is 1. The molecule has 0 spiro atoms. The van der Waals surface area contributed by atoms with Gasteiger partial charge in [0.25, 0.3) is 0 Å². The molecule has 0 aliphatic rings. The molecule has 0 saturated heterocycles. The molecule has 1 amide bonds. The van der Waals surface area contributed by atoms with Crippen molar-refractivity contribution in [2.24, 2.45) is 0 Å². The third-order valence-electron chi connectivity index (χ3n) is 3.75. The Labute approximate surface area is 163 Å². The number of aromatic nitrogens is 1. The Kier molecular flexibility index (Phi) is 5.85. The van der Waals surface area contributed by atoms with Crippen LogP contribution in [-0.4, -0.2) is 17.4 Å². The van der Waals surface area contributed by atoms with Crippen molar-refractivity contribution in [2.75, 3.05) is 6.54 Å². The van der Waals surface area contributed by atoms with E-state index in [1.54, 1.807) is 6.92 Å². The lowest BCUT2D eigenvalue weighted by Crippen LogP contribution is -2.25. The Hall–Kier alpha value is -3.05. The summed E-state index contributed by atoms with van der Waals surface area (Å²) >= 11 is 1.49. The van der Waals surface area contributed by atoms with Crippen LogP contribution in [-0.2, 0) is 17.4 Å². The minimum Gasteiger partial charge on any atom is -0.440 e. The van der Waals surface area contributed by atoms with Gasteiger partial charge in [-0.25, -0.2) is 4.98 Å². The molecule has 28 heavy (non-hydrogen) atoms. The van der Waals surface area contributed by atoms with Gasteiger partial charge in [-0.2, -0.15) is 13.2 Å². The number of carbonyl (C=O) groups is 1. The largest absolute Gasteiger partial charge is 0.440 e. The fraction of sp³-hybridized carbons (Fsp3) is 0.200. The first kappa shape index (κ1) is 19.7. The number of thiophene rings is 1. The summed E-state index contributed by atoms with van der Waals surface area (Å²) in [5, 5.41) is 4.51. The molecule has 1 aromatic carbocycles. The van der Waals surface area contributed by atoms with E-state index in [-0.39, 0.29) is 24.4 Å². The number of aryl methyl sites for hydroxylation is 1. The predicted octanol–water partition coefficient (Wildman–Crippen LogP) is 4.44. The van der Waals surface area contributed by atoms with Crippen LogP contribution in [0.15, 0.2) is 46.2 Å². The van der Waals surface area contributed by atoms with Crippen molar-refractivity contribution < 1.29 is 22.4 Å². The molecule has 3 aromatic rings. The lowest BCUT2D eigenvalue weighted by atomic mass is 10.1. The van der Waals surface area contributed by atoms with E-state index in [0.717, 1.165) is 17.0 Å².